The van der Waals surface area contributed by atoms with Crippen LogP contribution in [0.4, 0.5) is 0 Å². The number of hydrogen-bond acceptors (Lipinski definition) is 5. The quantitative estimate of drug-likeness (QED) is 0.571. The molecule has 7 heteroatoms. The van der Waals surface area contributed by atoms with Crippen LogP contribution in [0.3, 0.4) is 0 Å². The van der Waals surface area contributed by atoms with Gasteiger partial charge in [-0.3, -0.25) is 0 Å². The van der Waals surface area contributed by atoms with Gasteiger partial charge in [-0.05, 0) is 70.4 Å². The van der Waals surface area contributed by atoms with Gasteiger partial charge < -0.3 is 9.47 Å². The van der Waals surface area contributed by atoms with Crippen molar-refractivity contribution in [3.63, 3.8) is 0 Å². The smallest absolute Gasteiger partial charge is 0.341 e. The number of carbonyl (C=O) groups excluding carboxylic acids is 1. The predicted molar refractivity (Wildman–Crippen MR) is 101 cm³/mol. The molecule has 0 aliphatic heterocycles. The predicted octanol–water partition coefficient (Wildman–Crippen LogP) is 4.44. The number of carbonyl (C=O) groups is 1. The van der Waals surface area contributed by atoms with E-state index in [4.69, 9.17) is 21.1 Å². The van der Waals surface area contributed by atoms with Gasteiger partial charge in [0.15, 0.2) is 5.82 Å². The Morgan fingerprint density at radius 1 is 1.22 bits per heavy atom. The summed E-state index contributed by atoms with van der Waals surface area (Å²) < 4.78 is 13.0. The van der Waals surface area contributed by atoms with Crippen LogP contribution in [0, 0.1) is 11.8 Å². The number of hydrogen-bond donors (Lipinski definition) is 0. The second-order valence-corrected chi connectivity index (χ2v) is 8.80. The number of nitrogens with zero attached hydrogens (tertiary/aromatic N) is 3. The van der Waals surface area contributed by atoms with Crippen molar-refractivity contribution in [2.75, 3.05) is 0 Å². The summed E-state index contributed by atoms with van der Waals surface area (Å²) in [5, 5.41) is 4.55. The molecule has 2 fully saturated rings. The Balaban J connectivity index is 1.47. The van der Waals surface area contributed by atoms with Crippen molar-refractivity contribution in [3.05, 3.63) is 35.1 Å². The molecule has 2 heterocycles. The zero-order valence-corrected chi connectivity index (χ0v) is 16.6. The SMILES string of the molecule is CC(C)(C)OC(=O)c1ccc(-n2ccc(O[C@H]3CC4CCC3C4)n2)nc1Cl. The number of halogens is 1. The van der Waals surface area contributed by atoms with Gasteiger partial charge in [-0.15, -0.1) is 5.10 Å². The number of rotatable bonds is 4. The highest BCUT2D eigenvalue weighted by Gasteiger charge is 2.41. The molecule has 144 valence electrons. The van der Waals surface area contributed by atoms with E-state index in [1.54, 1.807) is 23.0 Å². The summed E-state index contributed by atoms with van der Waals surface area (Å²) >= 11 is 6.21. The van der Waals surface area contributed by atoms with Gasteiger partial charge in [0.25, 0.3) is 0 Å². The first kappa shape index (κ1) is 18.3. The van der Waals surface area contributed by atoms with Crippen LogP contribution in [0.25, 0.3) is 5.82 Å². The molecule has 0 aromatic carbocycles. The summed E-state index contributed by atoms with van der Waals surface area (Å²) in [5.74, 6) is 2.12. The van der Waals surface area contributed by atoms with E-state index in [1.165, 1.54) is 19.3 Å². The summed E-state index contributed by atoms with van der Waals surface area (Å²) in [6.07, 6.45) is 7.08. The van der Waals surface area contributed by atoms with Crippen LogP contribution in [-0.2, 0) is 4.74 Å². The molecular formula is C20H24ClN3O3. The molecule has 2 bridgehead atoms. The maximum Gasteiger partial charge on any atom is 0.341 e. The van der Waals surface area contributed by atoms with E-state index in [-0.39, 0.29) is 16.8 Å². The molecule has 0 radical (unpaired) electrons. The molecule has 2 aliphatic rings. The van der Waals surface area contributed by atoms with Crippen molar-refractivity contribution in [2.45, 2.75) is 58.2 Å². The summed E-state index contributed by atoms with van der Waals surface area (Å²) in [5.41, 5.74) is -0.353. The fourth-order valence-corrected chi connectivity index (χ4v) is 4.25. The highest BCUT2D eigenvalue weighted by atomic mass is 35.5. The molecule has 2 saturated carbocycles. The fraction of sp³-hybridized carbons (Fsp3) is 0.550. The molecule has 4 rings (SSSR count). The van der Waals surface area contributed by atoms with Gasteiger partial charge in [-0.2, -0.15) is 0 Å². The third-order valence-corrected chi connectivity index (χ3v) is 5.49. The topological polar surface area (TPSA) is 66.2 Å². The zero-order chi connectivity index (χ0) is 19.2. The highest BCUT2D eigenvalue weighted by molar-refractivity contribution is 6.32. The Bertz CT molecular complexity index is 858. The molecule has 2 aliphatic carbocycles. The molecular weight excluding hydrogens is 366 g/mol. The summed E-state index contributed by atoms with van der Waals surface area (Å²) in [7, 11) is 0. The van der Waals surface area contributed by atoms with E-state index in [0.29, 0.717) is 17.6 Å². The largest absolute Gasteiger partial charge is 0.473 e. The maximum atomic E-state index is 12.2. The van der Waals surface area contributed by atoms with Crippen molar-refractivity contribution in [1.82, 2.24) is 14.8 Å². The zero-order valence-electron chi connectivity index (χ0n) is 15.8. The van der Waals surface area contributed by atoms with Crippen LogP contribution in [0.15, 0.2) is 24.4 Å². The molecule has 3 atom stereocenters. The van der Waals surface area contributed by atoms with E-state index in [1.807, 2.05) is 26.8 Å². The minimum atomic E-state index is -0.590. The minimum absolute atomic E-state index is 0.0906. The van der Waals surface area contributed by atoms with Gasteiger partial charge in [0.2, 0.25) is 5.88 Å². The van der Waals surface area contributed by atoms with E-state index in [0.717, 1.165) is 12.3 Å². The van der Waals surface area contributed by atoms with Gasteiger partial charge in [-0.1, -0.05) is 11.6 Å². The fourth-order valence-electron chi connectivity index (χ4n) is 4.02. The molecule has 2 unspecified atom stereocenters. The lowest BCUT2D eigenvalue weighted by molar-refractivity contribution is 0.00693. The number of fused-ring (bicyclic) bond motifs is 2. The number of ether oxygens (including phenoxy) is 2. The Morgan fingerprint density at radius 3 is 2.67 bits per heavy atom. The molecule has 6 nitrogen and oxygen atoms in total. The first-order valence-corrected chi connectivity index (χ1v) is 9.79. The normalized spacial score (nSPS) is 24.2. The number of esters is 1. The average molecular weight is 390 g/mol. The lowest BCUT2D eigenvalue weighted by Gasteiger charge is -2.21. The first-order chi connectivity index (χ1) is 12.8. The first-order valence-electron chi connectivity index (χ1n) is 9.41. The third kappa shape index (κ3) is 3.95. The molecule has 0 spiro atoms. The van der Waals surface area contributed by atoms with Crippen LogP contribution >= 0.6 is 11.6 Å². The van der Waals surface area contributed by atoms with E-state index >= 15 is 0 Å². The van der Waals surface area contributed by atoms with Crippen LogP contribution in [0.2, 0.25) is 5.15 Å². The number of aromatic nitrogens is 3. The van der Waals surface area contributed by atoms with E-state index in [9.17, 15) is 4.79 Å². The van der Waals surface area contributed by atoms with E-state index < -0.39 is 11.6 Å². The second-order valence-electron chi connectivity index (χ2n) is 8.44. The van der Waals surface area contributed by atoms with Crippen molar-refractivity contribution in [3.8, 4) is 11.7 Å². The van der Waals surface area contributed by atoms with Crippen LogP contribution in [0.5, 0.6) is 5.88 Å². The molecule has 2 aromatic rings. The van der Waals surface area contributed by atoms with Crippen molar-refractivity contribution < 1.29 is 14.3 Å². The van der Waals surface area contributed by atoms with Gasteiger partial charge in [0.05, 0.1) is 5.56 Å². The Kier molecular flexibility index (Phi) is 4.62. The molecule has 0 saturated heterocycles. The average Bonchev–Trinajstić information content (AvgIpc) is 3.29. The monoisotopic (exact) mass is 389 g/mol. The van der Waals surface area contributed by atoms with Gasteiger partial charge in [-0.25, -0.2) is 14.5 Å². The summed E-state index contributed by atoms with van der Waals surface area (Å²) in [6, 6.07) is 5.14. The van der Waals surface area contributed by atoms with E-state index in [2.05, 4.69) is 10.1 Å². The minimum Gasteiger partial charge on any atom is -0.473 e. The standard InChI is InChI=1S/C20H24ClN3O3/c1-20(2,3)27-19(25)14-6-7-16(22-18(14)21)24-9-8-17(23-24)26-15-11-12-4-5-13(15)10-12/h6-9,12-13,15H,4-5,10-11H2,1-3H3/t12?,13?,15-/m0/s1. The molecule has 27 heavy (non-hydrogen) atoms. The van der Waals surface area contributed by atoms with Gasteiger partial charge in [0.1, 0.15) is 16.9 Å². The molecule has 0 N–H and O–H groups in total. The summed E-state index contributed by atoms with van der Waals surface area (Å²) in [4.78, 5) is 16.5. The second kappa shape index (κ2) is 6.82. The Morgan fingerprint density at radius 2 is 2.04 bits per heavy atom. The Labute approximate surface area is 163 Å². The maximum absolute atomic E-state index is 12.2. The third-order valence-electron chi connectivity index (χ3n) is 5.20. The molecule has 0 amide bonds. The van der Waals surface area contributed by atoms with Gasteiger partial charge >= 0.3 is 5.97 Å². The van der Waals surface area contributed by atoms with Crippen molar-refractivity contribution in [1.29, 1.82) is 0 Å². The van der Waals surface area contributed by atoms with Gasteiger partial charge in [0, 0.05) is 12.3 Å². The Hall–Kier alpha value is -2.08. The van der Waals surface area contributed by atoms with Crippen LogP contribution in [0.1, 0.15) is 56.8 Å². The number of pyridine rings is 1. The molecule has 2 aromatic heterocycles. The van der Waals surface area contributed by atoms with Crippen molar-refractivity contribution >= 4 is 17.6 Å². The van der Waals surface area contributed by atoms with Crippen LogP contribution in [-0.4, -0.2) is 32.4 Å². The lowest BCUT2D eigenvalue weighted by atomic mass is 9.98. The lowest BCUT2D eigenvalue weighted by Crippen LogP contribution is -2.24. The summed E-state index contributed by atoms with van der Waals surface area (Å²) in [6.45, 7) is 5.42. The van der Waals surface area contributed by atoms with Crippen LogP contribution < -0.4 is 4.74 Å². The highest BCUT2D eigenvalue weighted by Crippen LogP contribution is 2.45. The van der Waals surface area contributed by atoms with Crippen molar-refractivity contribution in [2.24, 2.45) is 11.8 Å².